The summed E-state index contributed by atoms with van der Waals surface area (Å²) >= 11 is 6.83. The molecular formula is C27H30ClFN8O. The summed E-state index contributed by atoms with van der Waals surface area (Å²) in [4.78, 5) is 25.5. The van der Waals surface area contributed by atoms with Crippen LogP contribution < -0.4 is 9.91 Å². The van der Waals surface area contributed by atoms with E-state index in [1.165, 1.54) is 6.08 Å². The van der Waals surface area contributed by atoms with Gasteiger partial charge in [0.15, 0.2) is 5.82 Å². The number of aromatic nitrogens is 4. The van der Waals surface area contributed by atoms with E-state index in [4.69, 9.17) is 21.6 Å². The molecule has 0 atom stereocenters. The number of benzene rings is 2. The second-order valence-electron chi connectivity index (χ2n) is 9.46. The average molecular weight is 537 g/mol. The van der Waals surface area contributed by atoms with Crippen LogP contribution in [0.15, 0.2) is 37.1 Å². The van der Waals surface area contributed by atoms with E-state index >= 15 is 4.39 Å². The first-order chi connectivity index (χ1) is 18.2. The fraction of sp³-hybridized carbons (Fsp3) is 0.333. The van der Waals surface area contributed by atoms with E-state index in [1.54, 1.807) is 17.2 Å². The fourth-order valence-corrected chi connectivity index (χ4v) is 5.37. The van der Waals surface area contributed by atoms with E-state index in [2.05, 4.69) is 21.7 Å². The van der Waals surface area contributed by atoms with Crippen LogP contribution in [0.3, 0.4) is 0 Å². The third kappa shape index (κ3) is 4.33. The minimum Gasteiger partial charge on any atom is -0.352 e. The van der Waals surface area contributed by atoms with Crippen molar-refractivity contribution in [1.29, 1.82) is 0 Å². The minimum absolute atomic E-state index is 0.106. The van der Waals surface area contributed by atoms with Gasteiger partial charge >= 0.3 is 0 Å². The number of aromatic amines is 1. The van der Waals surface area contributed by atoms with E-state index in [0.717, 1.165) is 16.5 Å². The molecule has 0 saturated carbocycles. The molecule has 1 amide bonds. The van der Waals surface area contributed by atoms with Crippen molar-refractivity contribution >= 4 is 51.1 Å². The number of H-pyrrole nitrogens is 1. The smallest absolute Gasteiger partial charge is 0.246 e. The molecule has 0 aliphatic carbocycles. The maximum Gasteiger partial charge on any atom is 0.246 e. The Morgan fingerprint density at radius 2 is 1.92 bits per heavy atom. The number of nitrogens with zero attached hydrogens (tertiary/aromatic N) is 7. The molecule has 1 aliphatic rings. The Balaban J connectivity index is 1.73. The molecule has 0 radical (unpaired) electrons. The molecule has 4 aromatic rings. The van der Waals surface area contributed by atoms with Gasteiger partial charge in [0, 0.05) is 68.7 Å². The number of rotatable bonds is 6. The van der Waals surface area contributed by atoms with Crippen LogP contribution >= 0.6 is 11.6 Å². The lowest BCUT2D eigenvalue weighted by molar-refractivity contribution is -0.126. The number of hydrogen-bond acceptors (Lipinski definition) is 7. The van der Waals surface area contributed by atoms with Gasteiger partial charge in [0.2, 0.25) is 11.9 Å². The van der Waals surface area contributed by atoms with Crippen LogP contribution in [0.4, 0.5) is 16.2 Å². The van der Waals surface area contributed by atoms with Crippen LogP contribution in [0, 0.1) is 12.7 Å². The third-order valence-electron chi connectivity index (χ3n) is 7.01. The summed E-state index contributed by atoms with van der Waals surface area (Å²) in [5.41, 5.74) is 2.82. The predicted molar refractivity (Wildman–Crippen MR) is 150 cm³/mol. The summed E-state index contributed by atoms with van der Waals surface area (Å²) in [5.74, 6) is 0.353. The number of aryl methyl sites for hydroxylation is 1. The lowest BCUT2D eigenvalue weighted by Gasteiger charge is -2.36. The van der Waals surface area contributed by atoms with Gasteiger partial charge in [-0.3, -0.25) is 14.9 Å². The molecule has 9 nitrogen and oxygen atoms in total. The predicted octanol–water partition coefficient (Wildman–Crippen LogP) is 4.41. The normalized spacial score (nSPS) is 14.1. The first-order valence-electron chi connectivity index (χ1n) is 12.5. The van der Waals surface area contributed by atoms with Crippen molar-refractivity contribution < 1.29 is 9.18 Å². The summed E-state index contributed by atoms with van der Waals surface area (Å²) in [6.45, 7) is 10.2. The molecule has 11 heteroatoms. The Hall–Kier alpha value is -3.76. The Morgan fingerprint density at radius 1 is 1.18 bits per heavy atom. The first-order valence-corrected chi connectivity index (χ1v) is 12.9. The number of halogens is 2. The Bertz CT molecular complexity index is 1540. The van der Waals surface area contributed by atoms with Crippen LogP contribution in [0.2, 0.25) is 5.02 Å². The molecule has 2 aromatic heterocycles. The Morgan fingerprint density at radius 3 is 2.58 bits per heavy atom. The third-order valence-corrected chi connectivity index (χ3v) is 7.31. The molecule has 1 saturated heterocycles. The van der Waals surface area contributed by atoms with Gasteiger partial charge in [-0.05, 0) is 37.6 Å². The standard InChI is InChI=1S/C27H30ClFN8O/c1-6-21(38)35-10-12-36(13-11-35)26-17-14-19(28)23(22-16(3)8-9-20-18(22)15-30-33-20)24(29)25(17)31-27(32-26)37(7-2)34(4)5/h6,8-9,14-15H,1,7,10-13H2,2-5H3,(H,30,33). The van der Waals surface area contributed by atoms with Crippen molar-refractivity contribution in [3.05, 3.63) is 53.5 Å². The Kier molecular flexibility index (Phi) is 6.93. The zero-order chi connectivity index (χ0) is 27.1. The van der Waals surface area contributed by atoms with Gasteiger partial charge in [0.05, 0.1) is 16.7 Å². The number of anilines is 2. The number of nitrogens with one attached hydrogen (secondary N) is 1. The van der Waals surface area contributed by atoms with Crippen molar-refractivity contribution in [1.82, 2.24) is 30.1 Å². The van der Waals surface area contributed by atoms with Gasteiger partial charge in [-0.25, -0.2) is 14.4 Å². The number of piperazine rings is 1. The molecule has 3 heterocycles. The highest BCUT2D eigenvalue weighted by atomic mass is 35.5. The quantitative estimate of drug-likeness (QED) is 0.288. The number of amides is 1. The van der Waals surface area contributed by atoms with E-state index in [9.17, 15) is 4.79 Å². The van der Waals surface area contributed by atoms with Gasteiger partial charge in [0.25, 0.3) is 0 Å². The number of carbonyl (C=O) groups excluding carboxylic acids is 1. The summed E-state index contributed by atoms with van der Waals surface area (Å²) in [5, 5.41) is 12.4. The number of carbonyl (C=O) groups is 1. The van der Waals surface area contributed by atoms with Gasteiger partial charge < -0.3 is 9.80 Å². The number of hydrazine groups is 1. The molecule has 0 spiro atoms. The van der Waals surface area contributed by atoms with Crippen molar-refractivity contribution in [3.8, 4) is 11.1 Å². The lowest BCUT2D eigenvalue weighted by Crippen LogP contribution is -2.48. The summed E-state index contributed by atoms with van der Waals surface area (Å²) in [7, 11) is 3.78. The highest BCUT2D eigenvalue weighted by Crippen LogP contribution is 2.42. The van der Waals surface area contributed by atoms with Gasteiger partial charge in [-0.15, -0.1) is 0 Å². The molecule has 38 heavy (non-hydrogen) atoms. The molecule has 1 N–H and O–H groups in total. The Labute approximate surface area is 225 Å². The van der Waals surface area contributed by atoms with E-state index in [-0.39, 0.29) is 22.0 Å². The number of fused-ring (bicyclic) bond motifs is 2. The molecule has 1 aliphatic heterocycles. The molecule has 2 aromatic carbocycles. The molecule has 5 rings (SSSR count). The van der Waals surface area contributed by atoms with Gasteiger partial charge in [0.1, 0.15) is 11.3 Å². The first kappa shape index (κ1) is 25.9. The average Bonchev–Trinajstić information content (AvgIpc) is 3.38. The summed E-state index contributed by atoms with van der Waals surface area (Å²) in [6.07, 6.45) is 3.01. The zero-order valence-corrected chi connectivity index (χ0v) is 22.7. The van der Waals surface area contributed by atoms with E-state index in [1.807, 2.05) is 50.1 Å². The maximum absolute atomic E-state index is 16.6. The SMILES string of the molecule is C=CC(=O)N1CCN(c2nc(N(CC)N(C)C)nc3c(F)c(-c4c(C)ccc5[nH]ncc45)c(Cl)cc23)CC1. The van der Waals surface area contributed by atoms with Crippen LogP contribution in [0.25, 0.3) is 32.9 Å². The summed E-state index contributed by atoms with van der Waals surface area (Å²) in [6, 6.07) is 5.58. The largest absolute Gasteiger partial charge is 0.352 e. The van der Waals surface area contributed by atoms with Crippen molar-refractivity contribution in [3.63, 3.8) is 0 Å². The highest BCUT2D eigenvalue weighted by Gasteiger charge is 2.27. The van der Waals surface area contributed by atoms with E-state index < -0.39 is 5.82 Å². The van der Waals surface area contributed by atoms with E-state index in [0.29, 0.717) is 55.4 Å². The molecule has 1 fully saturated rings. The van der Waals surface area contributed by atoms with Crippen molar-refractivity contribution in [2.75, 3.05) is 56.7 Å². The van der Waals surface area contributed by atoms with Crippen LogP contribution in [0.1, 0.15) is 12.5 Å². The second-order valence-corrected chi connectivity index (χ2v) is 9.87. The monoisotopic (exact) mass is 536 g/mol. The topological polar surface area (TPSA) is 84.5 Å². The van der Waals surface area contributed by atoms with Crippen LogP contribution in [-0.4, -0.2) is 82.8 Å². The van der Waals surface area contributed by atoms with Crippen LogP contribution in [-0.2, 0) is 4.79 Å². The molecule has 0 unspecified atom stereocenters. The summed E-state index contributed by atoms with van der Waals surface area (Å²) < 4.78 is 16.6. The molecule has 198 valence electrons. The second kappa shape index (κ2) is 10.2. The fourth-order valence-electron chi connectivity index (χ4n) is 5.08. The van der Waals surface area contributed by atoms with Crippen molar-refractivity contribution in [2.24, 2.45) is 0 Å². The minimum atomic E-state index is -0.510. The lowest BCUT2D eigenvalue weighted by atomic mass is 9.95. The highest BCUT2D eigenvalue weighted by molar-refractivity contribution is 6.35. The molecular weight excluding hydrogens is 507 g/mol. The zero-order valence-electron chi connectivity index (χ0n) is 21.9. The maximum atomic E-state index is 16.6. The van der Waals surface area contributed by atoms with Crippen LogP contribution in [0.5, 0.6) is 0 Å². The number of hydrogen-bond donors (Lipinski definition) is 1. The van der Waals surface area contributed by atoms with Crippen molar-refractivity contribution in [2.45, 2.75) is 13.8 Å². The van der Waals surface area contributed by atoms with Gasteiger partial charge in [-0.1, -0.05) is 24.2 Å². The van der Waals surface area contributed by atoms with Gasteiger partial charge in [-0.2, -0.15) is 10.1 Å². The molecule has 0 bridgehead atoms.